The minimum absolute atomic E-state index is 0.0172. The lowest BCUT2D eigenvalue weighted by Gasteiger charge is -1.88. The van der Waals surface area contributed by atoms with Crippen molar-refractivity contribution in [1.29, 1.82) is 0 Å². The molecule has 0 aromatic carbocycles. The van der Waals surface area contributed by atoms with Gasteiger partial charge in [-0.15, -0.1) is 21.8 Å². The molecule has 0 aliphatic rings. The van der Waals surface area contributed by atoms with Gasteiger partial charge < -0.3 is 0 Å². The van der Waals surface area contributed by atoms with Gasteiger partial charge in [-0.1, -0.05) is 11.3 Å². The van der Waals surface area contributed by atoms with Gasteiger partial charge >= 0.3 is 0 Å². The van der Waals surface area contributed by atoms with Crippen molar-refractivity contribution in [3.63, 3.8) is 0 Å². The van der Waals surface area contributed by atoms with E-state index in [0.29, 0.717) is 5.01 Å². The predicted molar refractivity (Wildman–Crippen MR) is 50.7 cm³/mol. The lowest BCUT2D eigenvalue weighted by molar-refractivity contribution is -0.116. The van der Waals surface area contributed by atoms with E-state index in [4.69, 9.17) is 16.7 Å². The molecule has 0 radical (unpaired) electrons. The summed E-state index contributed by atoms with van der Waals surface area (Å²) in [5, 5.41) is 11.9. The van der Waals surface area contributed by atoms with Crippen LogP contribution in [0.4, 0.5) is 0 Å². The van der Waals surface area contributed by atoms with Crippen molar-refractivity contribution < 1.29 is 13.2 Å². The van der Waals surface area contributed by atoms with Crippen LogP contribution in [0.5, 0.6) is 0 Å². The highest BCUT2D eigenvalue weighted by molar-refractivity contribution is 7.91. The lowest BCUT2D eigenvalue weighted by Crippen LogP contribution is -2.11. The second kappa shape index (κ2) is 4.30. The van der Waals surface area contributed by atoms with Gasteiger partial charge in [0.2, 0.25) is 4.34 Å². The number of hydrogen-bond acceptors (Lipinski definition) is 6. The van der Waals surface area contributed by atoms with Crippen LogP contribution in [0.15, 0.2) is 4.34 Å². The van der Waals surface area contributed by atoms with Crippen LogP contribution in [-0.2, 0) is 21.2 Å². The number of nitrogens with two attached hydrogens (primary N) is 1. The first-order valence-corrected chi connectivity index (χ1v) is 6.26. The molecule has 1 aromatic rings. The third-order valence-electron chi connectivity index (χ3n) is 1.19. The number of primary sulfonamides is 1. The summed E-state index contributed by atoms with van der Waals surface area (Å²) in [5.41, 5.74) is 0. The molecule has 0 aliphatic carbocycles. The lowest BCUT2D eigenvalue weighted by atomic mass is 10.3. The molecular weight excluding hydrogens is 250 g/mol. The van der Waals surface area contributed by atoms with Crippen molar-refractivity contribution in [3.05, 3.63) is 5.01 Å². The first-order valence-electron chi connectivity index (χ1n) is 3.36. The Hall–Kier alpha value is -0.570. The van der Waals surface area contributed by atoms with Crippen molar-refractivity contribution in [2.45, 2.75) is 10.8 Å². The molecule has 0 amide bonds. The minimum Gasteiger partial charge on any atom is -0.298 e. The van der Waals surface area contributed by atoms with Gasteiger partial charge in [0.05, 0.1) is 12.3 Å². The minimum atomic E-state index is -3.82. The van der Waals surface area contributed by atoms with E-state index in [0.717, 1.165) is 11.3 Å². The maximum Gasteiger partial charge on any atom is 0.267 e. The highest BCUT2D eigenvalue weighted by Gasteiger charge is 2.16. The van der Waals surface area contributed by atoms with Gasteiger partial charge in [-0.25, -0.2) is 13.6 Å². The number of Topliss-reactive ketones (excluding diaryl/α,β-unsaturated/α-hetero) is 1. The Labute approximate surface area is 89.1 Å². The number of carbonyl (C=O) groups excluding carboxylic acids is 1. The van der Waals surface area contributed by atoms with Crippen LogP contribution in [0.3, 0.4) is 0 Å². The smallest absolute Gasteiger partial charge is 0.267 e. The summed E-state index contributed by atoms with van der Waals surface area (Å²) in [6.07, 6.45) is -0.0172. The van der Waals surface area contributed by atoms with Crippen LogP contribution < -0.4 is 5.14 Å². The number of rotatable bonds is 4. The molecule has 1 aromatic heterocycles. The molecule has 0 aliphatic heterocycles. The van der Waals surface area contributed by atoms with Crippen LogP contribution in [0, 0.1) is 0 Å². The summed E-state index contributed by atoms with van der Waals surface area (Å²) in [5.74, 6) is -0.381. The van der Waals surface area contributed by atoms with Crippen molar-refractivity contribution in [2.75, 3.05) is 5.88 Å². The molecule has 0 spiro atoms. The number of carbonyl (C=O) groups is 1. The average molecular weight is 256 g/mol. The van der Waals surface area contributed by atoms with E-state index in [2.05, 4.69) is 10.2 Å². The van der Waals surface area contributed by atoms with E-state index in [1.165, 1.54) is 0 Å². The number of alkyl halides is 1. The number of halogens is 1. The number of nitrogens with zero attached hydrogens (tertiary/aromatic N) is 2. The number of ketones is 1. The van der Waals surface area contributed by atoms with Crippen LogP contribution in [-0.4, -0.2) is 30.3 Å². The van der Waals surface area contributed by atoms with Gasteiger partial charge in [-0.05, 0) is 0 Å². The van der Waals surface area contributed by atoms with E-state index in [9.17, 15) is 13.2 Å². The SMILES string of the molecule is NS(=O)(=O)c1nnc(CC(=O)CCl)s1. The van der Waals surface area contributed by atoms with E-state index in [-0.39, 0.29) is 22.4 Å². The summed E-state index contributed by atoms with van der Waals surface area (Å²) in [4.78, 5) is 10.9. The van der Waals surface area contributed by atoms with Crippen molar-refractivity contribution in [3.8, 4) is 0 Å². The van der Waals surface area contributed by atoms with Crippen LogP contribution in [0.1, 0.15) is 5.01 Å². The van der Waals surface area contributed by atoms with Crippen LogP contribution in [0.2, 0.25) is 0 Å². The number of hydrogen-bond donors (Lipinski definition) is 1. The largest absolute Gasteiger partial charge is 0.298 e. The maximum absolute atomic E-state index is 10.9. The molecule has 2 N–H and O–H groups in total. The van der Waals surface area contributed by atoms with E-state index >= 15 is 0 Å². The fourth-order valence-corrected chi connectivity index (χ4v) is 2.24. The third kappa shape index (κ3) is 2.98. The third-order valence-corrected chi connectivity index (χ3v) is 3.72. The van der Waals surface area contributed by atoms with E-state index in [1.807, 2.05) is 0 Å². The summed E-state index contributed by atoms with van der Waals surface area (Å²) < 4.78 is 21.3. The molecule has 0 saturated heterocycles. The Morgan fingerprint density at radius 3 is 2.57 bits per heavy atom. The van der Waals surface area contributed by atoms with Gasteiger partial charge in [-0.2, -0.15) is 0 Å². The highest BCUT2D eigenvalue weighted by Crippen LogP contribution is 2.14. The summed E-state index contributed by atoms with van der Waals surface area (Å²) in [6.45, 7) is 0. The zero-order chi connectivity index (χ0) is 10.8. The second-order valence-corrected chi connectivity index (χ2v) is 5.42. The van der Waals surface area contributed by atoms with Gasteiger partial charge in [0, 0.05) is 0 Å². The predicted octanol–water partition coefficient (Wildman–Crippen LogP) is -0.464. The molecule has 0 bridgehead atoms. The zero-order valence-electron chi connectivity index (χ0n) is 6.81. The molecule has 0 unspecified atom stereocenters. The van der Waals surface area contributed by atoms with Gasteiger partial charge in [0.1, 0.15) is 5.01 Å². The second-order valence-electron chi connectivity index (χ2n) is 2.36. The molecular formula is C5H6ClN3O3S2. The Kier molecular flexibility index (Phi) is 3.53. The first-order chi connectivity index (χ1) is 6.43. The van der Waals surface area contributed by atoms with Crippen LogP contribution in [0.25, 0.3) is 0 Å². The Morgan fingerprint density at radius 2 is 2.14 bits per heavy atom. The van der Waals surface area contributed by atoms with Crippen molar-refractivity contribution >= 4 is 38.7 Å². The molecule has 0 atom stereocenters. The zero-order valence-corrected chi connectivity index (χ0v) is 9.19. The molecule has 6 nitrogen and oxygen atoms in total. The van der Waals surface area contributed by atoms with Gasteiger partial charge in [-0.3, -0.25) is 4.79 Å². The normalized spacial score (nSPS) is 11.6. The quantitative estimate of drug-likeness (QED) is 0.733. The molecule has 0 fully saturated rings. The van der Waals surface area contributed by atoms with E-state index < -0.39 is 10.0 Å². The summed E-state index contributed by atoms with van der Waals surface area (Å²) in [6, 6.07) is 0. The molecule has 0 saturated carbocycles. The molecule has 78 valence electrons. The topological polar surface area (TPSA) is 103 Å². The van der Waals surface area contributed by atoms with Crippen LogP contribution >= 0.6 is 22.9 Å². The van der Waals surface area contributed by atoms with Gasteiger partial charge in [0.15, 0.2) is 5.78 Å². The molecule has 1 heterocycles. The van der Waals surface area contributed by atoms with E-state index in [1.54, 1.807) is 0 Å². The fourth-order valence-electron chi connectivity index (χ4n) is 0.641. The monoisotopic (exact) mass is 255 g/mol. The average Bonchev–Trinajstić information content (AvgIpc) is 2.51. The summed E-state index contributed by atoms with van der Waals surface area (Å²) in [7, 11) is -3.82. The Balaban J connectivity index is 2.84. The molecule has 14 heavy (non-hydrogen) atoms. The Morgan fingerprint density at radius 1 is 1.50 bits per heavy atom. The summed E-state index contributed by atoms with van der Waals surface area (Å²) >= 11 is 6.03. The van der Waals surface area contributed by atoms with Crippen molar-refractivity contribution in [1.82, 2.24) is 10.2 Å². The standard InChI is InChI=1S/C5H6ClN3O3S2/c6-2-3(10)1-4-8-9-5(13-4)14(7,11)12/h1-2H2,(H2,7,11,12). The molecule has 1 rings (SSSR count). The number of aromatic nitrogens is 2. The first kappa shape index (κ1) is 11.5. The Bertz CT molecular complexity index is 441. The fraction of sp³-hybridized carbons (Fsp3) is 0.400. The highest BCUT2D eigenvalue weighted by atomic mass is 35.5. The van der Waals surface area contributed by atoms with Crippen molar-refractivity contribution in [2.24, 2.45) is 5.14 Å². The maximum atomic E-state index is 10.9. The molecule has 9 heteroatoms. The number of sulfonamides is 1. The van der Waals surface area contributed by atoms with Gasteiger partial charge in [0.25, 0.3) is 10.0 Å².